The van der Waals surface area contributed by atoms with E-state index in [1.807, 2.05) is 0 Å². The second kappa shape index (κ2) is 3.66. The fourth-order valence-electron chi connectivity index (χ4n) is 2.75. The first-order valence-corrected chi connectivity index (χ1v) is 4.98. The molecule has 0 aromatic rings. The minimum atomic E-state index is -0.713. The second-order valence-corrected chi connectivity index (χ2v) is 4.25. The quantitative estimate of drug-likeness (QED) is 0.697. The van der Waals surface area contributed by atoms with Crippen molar-refractivity contribution in [2.45, 2.75) is 33.1 Å². The molecule has 0 bridgehead atoms. The number of carbonyl (C=O) groups is 1. The summed E-state index contributed by atoms with van der Waals surface area (Å²) >= 11 is 0. The molecule has 0 heterocycles. The van der Waals surface area contributed by atoms with Gasteiger partial charge in [0.1, 0.15) is 0 Å². The number of rotatable bonds is 4. The number of aliphatic carboxylic acids is 1. The number of hydrogen-bond donors (Lipinski definition) is 2. The predicted octanol–water partition coefficient (Wildman–Crippen LogP) is 1.47. The Kier molecular flexibility index (Phi) is 2.96. The topological polar surface area (TPSA) is 63.3 Å². The lowest BCUT2D eigenvalue weighted by Gasteiger charge is -2.54. The highest BCUT2D eigenvalue weighted by molar-refractivity contribution is 5.68. The maximum absolute atomic E-state index is 10.7. The van der Waals surface area contributed by atoms with Gasteiger partial charge in [-0.2, -0.15) is 0 Å². The lowest BCUT2D eigenvalue weighted by molar-refractivity contribution is -0.147. The number of carboxylic acid groups (broad SMARTS) is 1. The Hall–Kier alpha value is -0.570. The smallest absolute Gasteiger partial charge is 0.303 e. The third-order valence-corrected chi connectivity index (χ3v) is 3.79. The van der Waals surface area contributed by atoms with Crippen molar-refractivity contribution in [3.8, 4) is 0 Å². The van der Waals surface area contributed by atoms with Gasteiger partial charge in [0.15, 0.2) is 0 Å². The summed E-state index contributed by atoms with van der Waals surface area (Å²) in [4.78, 5) is 10.7. The average Bonchev–Trinajstić information content (AvgIpc) is 2.09. The highest BCUT2D eigenvalue weighted by Crippen LogP contribution is 2.54. The van der Waals surface area contributed by atoms with Crippen LogP contribution in [0.1, 0.15) is 33.1 Å². The molecule has 1 fully saturated rings. The molecule has 0 amide bonds. The molecule has 3 nitrogen and oxygen atoms in total. The van der Waals surface area contributed by atoms with Crippen LogP contribution in [0.5, 0.6) is 0 Å². The lowest BCUT2D eigenvalue weighted by atomic mass is 9.51. The van der Waals surface area contributed by atoms with Gasteiger partial charge in [-0.05, 0) is 30.2 Å². The predicted molar refractivity (Wildman–Crippen MR) is 51.3 cm³/mol. The van der Waals surface area contributed by atoms with E-state index in [-0.39, 0.29) is 11.8 Å². The Balaban J connectivity index is 2.71. The number of hydrogen-bond acceptors (Lipinski definition) is 2. The third-order valence-electron chi connectivity index (χ3n) is 3.79. The second-order valence-electron chi connectivity index (χ2n) is 4.25. The van der Waals surface area contributed by atoms with Crippen molar-refractivity contribution < 1.29 is 9.90 Å². The molecule has 0 spiro atoms. The fourth-order valence-corrected chi connectivity index (χ4v) is 2.75. The van der Waals surface area contributed by atoms with E-state index in [4.69, 9.17) is 10.8 Å². The Bertz CT molecular complexity index is 205. The molecule has 1 aliphatic rings. The third kappa shape index (κ3) is 1.57. The van der Waals surface area contributed by atoms with Gasteiger partial charge >= 0.3 is 5.97 Å². The minimum Gasteiger partial charge on any atom is -0.481 e. The van der Waals surface area contributed by atoms with Crippen molar-refractivity contribution >= 4 is 5.97 Å². The van der Waals surface area contributed by atoms with Crippen LogP contribution in [-0.2, 0) is 4.79 Å². The van der Waals surface area contributed by atoms with Crippen LogP contribution in [0.15, 0.2) is 0 Å². The maximum Gasteiger partial charge on any atom is 0.303 e. The monoisotopic (exact) mass is 185 g/mol. The molecule has 0 radical (unpaired) electrons. The zero-order chi connectivity index (χ0) is 10.1. The molecule has 3 atom stereocenters. The molecule has 1 aliphatic carbocycles. The summed E-state index contributed by atoms with van der Waals surface area (Å²) in [5.74, 6) is 0.276. The number of nitrogens with two attached hydrogens (primary N) is 1. The van der Waals surface area contributed by atoms with E-state index in [1.54, 1.807) is 0 Å². The SMILES string of the molecule is CC[C@H]1CC(C)[C@]1(CN)CC(=O)O. The Labute approximate surface area is 79.3 Å². The van der Waals surface area contributed by atoms with Gasteiger partial charge in [0, 0.05) is 0 Å². The molecule has 1 unspecified atom stereocenters. The Morgan fingerprint density at radius 2 is 2.31 bits per heavy atom. The van der Waals surface area contributed by atoms with Crippen molar-refractivity contribution in [2.24, 2.45) is 23.0 Å². The van der Waals surface area contributed by atoms with E-state index < -0.39 is 5.97 Å². The fraction of sp³-hybridized carbons (Fsp3) is 0.900. The molecule has 1 rings (SSSR count). The van der Waals surface area contributed by atoms with Gasteiger partial charge in [-0.25, -0.2) is 0 Å². The van der Waals surface area contributed by atoms with Gasteiger partial charge in [0.25, 0.3) is 0 Å². The van der Waals surface area contributed by atoms with Crippen LogP contribution < -0.4 is 5.73 Å². The van der Waals surface area contributed by atoms with Gasteiger partial charge in [-0.15, -0.1) is 0 Å². The van der Waals surface area contributed by atoms with E-state index in [0.717, 1.165) is 12.8 Å². The lowest BCUT2D eigenvalue weighted by Crippen LogP contribution is -2.53. The zero-order valence-corrected chi connectivity index (χ0v) is 8.42. The normalized spacial score (nSPS) is 38.4. The van der Waals surface area contributed by atoms with Crippen LogP contribution >= 0.6 is 0 Å². The first-order chi connectivity index (χ1) is 6.06. The first-order valence-electron chi connectivity index (χ1n) is 4.98. The molecule has 3 N–H and O–H groups in total. The molecule has 1 saturated carbocycles. The van der Waals surface area contributed by atoms with Gasteiger partial charge in [0.05, 0.1) is 6.42 Å². The molecule has 0 aromatic carbocycles. The van der Waals surface area contributed by atoms with Crippen LogP contribution in [0.3, 0.4) is 0 Å². The summed E-state index contributed by atoms with van der Waals surface area (Å²) in [7, 11) is 0. The summed E-state index contributed by atoms with van der Waals surface area (Å²) < 4.78 is 0. The minimum absolute atomic E-state index is 0.111. The zero-order valence-electron chi connectivity index (χ0n) is 8.42. The van der Waals surface area contributed by atoms with Crippen LogP contribution in [-0.4, -0.2) is 17.6 Å². The van der Waals surface area contributed by atoms with E-state index >= 15 is 0 Å². The first kappa shape index (κ1) is 10.5. The Morgan fingerprint density at radius 3 is 2.62 bits per heavy atom. The van der Waals surface area contributed by atoms with Crippen LogP contribution in [0, 0.1) is 17.3 Å². The van der Waals surface area contributed by atoms with Crippen molar-refractivity contribution in [3.63, 3.8) is 0 Å². The van der Waals surface area contributed by atoms with E-state index in [1.165, 1.54) is 0 Å². The molecular weight excluding hydrogens is 166 g/mol. The van der Waals surface area contributed by atoms with Crippen molar-refractivity contribution in [2.75, 3.05) is 6.54 Å². The summed E-state index contributed by atoms with van der Waals surface area (Å²) in [6.07, 6.45) is 2.43. The average molecular weight is 185 g/mol. The molecule has 13 heavy (non-hydrogen) atoms. The van der Waals surface area contributed by atoms with Crippen LogP contribution in [0.25, 0.3) is 0 Å². The van der Waals surface area contributed by atoms with Crippen molar-refractivity contribution in [3.05, 3.63) is 0 Å². The van der Waals surface area contributed by atoms with E-state index in [9.17, 15) is 4.79 Å². The number of carboxylic acids is 1. The van der Waals surface area contributed by atoms with Crippen molar-refractivity contribution in [1.29, 1.82) is 0 Å². The van der Waals surface area contributed by atoms with Crippen LogP contribution in [0.2, 0.25) is 0 Å². The standard InChI is InChI=1S/C10H19NO2/c1-3-8-4-7(2)10(8,6-11)5-9(12)13/h7-8H,3-6,11H2,1-2H3,(H,12,13)/t7?,8-,10+/m0/s1. The van der Waals surface area contributed by atoms with Crippen molar-refractivity contribution in [1.82, 2.24) is 0 Å². The highest BCUT2D eigenvalue weighted by Gasteiger charge is 2.51. The largest absolute Gasteiger partial charge is 0.481 e. The Morgan fingerprint density at radius 1 is 1.69 bits per heavy atom. The van der Waals surface area contributed by atoms with E-state index in [2.05, 4.69) is 13.8 Å². The molecular formula is C10H19NO2. The summed E-state index contributed by atoms with van der Waals surface area (Å²) in [6, 6.07) is 0. The van der Waals surface area contributed by atoms with Crippen LogP contribution in [0.4, 0.5) is 0 Å². The molecule has 0 aliphatic heterocycles. The van der Waals surface area contributed by atoms with Gasteiger partial charge in [-0.1, -0.05) is 20.3 Å². The summed E-state index contributed by atoms with van der Waals surface area (Å²) in [5, 5.41) is 8.82. The van der Waals surface area contributed by atoms with Gasteiger partial charge in [-0.3, -0.25) is 4.79 Å². The summed E-state index contributed by atoms with van der Waals surface area (Å²) in [6.45, 7) is 4.74. The maximum atomic E-state index is 10.7. The molecule has 76 valence electrons. The molecule has 0 aromatic heterocycles. The summed E-state index contributed by atoms with van der Waals surface area (Å²) in [5.41, 5.74) is 5.60. The highest BCUT2D eigenvalue weighted by atomic mass is 16.4. The van der Waals surface area contributed by atoms with Gasteiger partial charge < -0.3 is 10.8 Å². The molecule has 0 saturated heterocycles. The van der Waals surface area contributed by atoms with E-state index in [0.29, 0.717) is 18.4 Å². The van der Waals surface area contributed by atoms with Gasteiger partial charge in [0.2, 0.25) is 0 Å². The molecule has 3 heteroatoms.